The summed E-state index contributed by atoms with van der Waals surface area (Å²) in [5.41, 5.74) is 10.5. The van der Waals surface area contributed by atoms with Crippen LogP contribution < -0.4 is 10.5 Å². The summed E-state index contributed by atoms with van der Waals surface area (Å²) >= 11 is 0. The van der Waals surface area contributed by atoms with Gasteiger partial charge in [0.1, 0.15) is 30.2 Å². The molecule has 0 radical (unpaired) electrons. The van der Waals surface area contributed by atoms with E-state index in [2.05, 4.69) is 28.4 Å². The molecule has 0 unspecified atom stereocenters. The van der Waals surface area contributed by atoms with Gasteiger partial charge >= 0.3 is 0 Å². The van der Waals surface area contributed by atoms with Crippen LogP contribution in [0.5, 0.6) is 5.88 Å². The molecular formula is C31H49N3O8. The fourth-order valence-electron chi connectivity index (χ4n) is 5.43. The van der Waals surface area contributed by atoms with Gasteiger partial charge in [-0.3, -0.25) is 9.89 Å². The molecule has 0 amide bonds. The first kappa shape index (κ1) is 34.1. The predicted octanol–water partition coefficient (Wildman–Crippen LogP) is 1.63. The van der Waals surface area contributed by atoms with Gasteiger partial charge in [-0.2, -0.15) is 0 Å². The molecule has 236 valence electrons. The summed E-state index contributed by atoms with van der Waals surface area (Å²) in [5.74, 6) is 0.513. The van der Waals surface area contributed by atoms with Gasteiger partial charge in [0.05, 0.1) is 6.61 Å². The zero-order valence-corrected chi connectivity index (χ0v) is 25.0. The Morgan fingerprint density at radius 1 is 1.12 bits per heavy atom. The van der Waals surface area contributed by atoms with Crippen LogP contribution in [-0.2, 0) is 22.4 Å². The number of nitrogens with one attached hydrogen (secondary N) is 1. The lowest BCUT2D eigenvalue weighted by Crippen LogP contribution is -2.60. The normalized spacial score (nSPS) is 23.3. The van der Waals surface area contributed by atoms with Crippen LogP contribution in [0.1, 0.15) is 86.2 Å². The molecule has 0 bridgehead atoms. The van der Waals surface area contributed by atoms with Crippen LogP contribution in [-0.4, -0.2) is 92.0 Å². The first-order valence-electron chi connectivity index (χ1n) is 15.0. The van der Waals surface area contributed by atoms with Crippen molar-refractivity contribution in [3.05, 3.63) is 46.1 Å². The van der Waals surface area contributed by atoms with E-state index in [0.29, 0.717) is 25.8 Å². The molecule has 0 saturated carbocycles. The molecule has 0 spiro atoms. The number of unbranched alkanes of at least 4 members (excludes halogenated alkanes) is 1. The maximum Gasteiger partial charge on any atom is 0.238 e. The number of rotatable bonds is 17. The second-order valence-electron chi connectivity index (χ2n) is 11.8. The molecule has 1 fully saturated rings. The largest absolute Gasteiger partial charge is 0.443 e. The molecule has 1 saturated heterocycles. The molecule has 1 aromatic heterocycles. The van der Waals surface area contributed by atoms with E-state index in [1.54, 1.807) is 0 Å². The van der Waals surface area contributed by atoms with Gasteiger partial charge in [0.25, 0.3) is 0 Å². The average Bonchev–Trinajstić information content (AvgIpc) is 3.36. The summed E-state index contributed by atoms with van der Waals surface area (Å²) in [6.07, 6.45) is -1.39. The van der Waals surface area contributed by atoms with E-state index in [1.807, 2.05) is 20.8 Å². The summed E-state index contributed by atoms with van der Waals surface area (Å²) in [7, 11) is 0. The molecule has 11 nitrogen and oxygen atoms in total. The van der Waals surface area contributed by atoms with Gasteiger partial charge in [0.15, 0.2) is 0 Å². The van der Waals surface area contributed by atoms with Crippen molar-refractivity contribution in [1.82, 2.24) is 10.2 Å². The van der Waals surface area contributed by atoms with Crippen molar-refractivity contribution >= 4 is 5.78 Å². The summed E-state index contributed by atoms with van der Waals surface area (Å²) in [5, 5.41) is 57.1. The molecule has 2 aromatic rings. The van der Waals surface area contributed by atoms with Crippen LogP contribution in [0.2, 0.25) is 0 Å². The molecule has 11 heteroatoms. The Balaban J connectivity index is 1.63. The number of nitrogens with zero attached hydrogens (tertiary/aromatic N) is 1. The van der Waals surface area contributed by atoms with Crippen LogP contribution in [0.3, 0.4) is 0 Å². The Hall–Kier alpha value is -2.38. The van der Waals surface area contributed by atoms with Gasteiger partial charge < -0.3 is 40.7 Å². The number of nitrogens with two attached hydrogens (primary N) is 1. The standard InChI is InChI=1S/C31H49N3O8/c1-18(2)26-24(30(34-33-26)42-31-29(40)28(39)27(38)25(17-36)41-31)15-22-11-10-20(13-19(22)3)8-6-9-23(37)14-21(16-35)7-4-5-12-32/h10-11,13,18,21,25,27-29,31,35-36,38-40H,4-9,12,14-17,32H2,1-3H3,(H,33,34)/t21-,25-,27-,28+,29-,31+/m1/s1. The fraction of sp³-hybridized carbons (Fsp3) is 0.677. The number of hydrogen-bond acceptors (Lipinski definition) is 10. The molecular weight excluding hydrogens is 542 g/mol. The summed E-state index contributed by atoms with van der Waals surface area (Å²) in [6.45, 7) is 6.19. The molecule has 3 rings (SSSR count). The number of Topliss-reactive ketones (excluding diaryl/α,β-unsaturated/α-hetero) is 1. The number of aryl methyl sites for hydroxylation is 2. The number of hydrogen-bond donors (Lipinski definition) is 7. The third-order valence-corrected chi connectivity index (χ3v) is 8.05. The molecule has 8 N–H and O–H groups in total. The number of aromatic amines is 1. The fourth-order valence-corrected chi connectivity index (χ4v) is 5.43. The number of ether oxygens (including phenoxy) is 2. The highest BCUT2D eigenvalue weighted by atomic mass is 16.7. The molecule has 0 aliphatic carbocycles. The highest BCUT2D eigenvalue weighted by Gasteiger charge is 2.45. The lowest BCUT2D eigenvalue weighted by Gasteiger charge is -2.39. The molecule has 1 aromatic carbocycles. The SMILES string of the molecule is Cc1cc(CCCC(=O)C[C@H](CO)CCCCN)ccc1Cc1c(O[C@@H]2O[C@H](CO)[C@@H](O)[C@H](O)[C@H]2O)n[nH]c1C(C)C. The number of benzene rings is 1. The van der Waals surface area contributed by atoms with E-state index in [1.165, 1.54) is 0 Å². The van der Waals surface area contributed by atoms with Crippen molar-refractivity contribution in [1.29, 1.82) is 0 Å². The Labute approximate surface area is 248 Å². The Kier molecular flexibility index (Phi) is 13.4. The highest BCUT2D eigenvalue weighted by molar-refractivity contribution is 5.78. The second-order valence-corrected chi connectivity index (χ2v) is 11.8. The van der Waals surface area contributed by atoms with Crippen molar-refractivity contribution in [2.75, 3.05) is 19.8 Å². The Bertz CT molecular complexity index is 1120. The van der Waals surface area contributed by atoms with Gasteiger partial charge in [0, 0.05) is 37.1 Å². The first-order chi connectivity index (χ1) is 20.1. The summed E-state index contributed by atoms with van der Waals surface area (Å²) < 4.78 is 11.4. The van der Waals surface area contributed by atoms with E-state index < -0.39 is 37.3 Å². The van der Waals surface area contributed by atoms with Crippen molar-refractivity contribution in [3.63, 3.8) is 0 Å². The van der Waals surface area contributed by atoms with E-state index in [0.717, 1.165) is 60.1 Å². The van der Waals surface area contributed by atoms with E-state index in [9.17, 15) is 30.3 Å². The maximum atomic E-state index is 12.5. The summed E-state index contributed by atoms with van der Waals surface area (Å²) in [4.78, 5) is 12.5. The first-order valence-corrected chi connectivity index (χ1v) is 15.0. The molecule has 1 aliphatic rings. The van der Waals surface area contributed by atoms with Gasteiger partial charge in [-0.05, 0) is 67.7 Å². The minimum Gasteiger partial charge on any atom is -0.443 e. The smallest absolute Gasteiger partial charge is 0.238 e. The minimum atomic E-state index is -1.55. The van der Waals surface area contributed by atoms with Crippen LogP contribution in [0.15, 0.2) is 18.2 Å². The molecule has 42 heavy (non-hydrogen) atoms. The monoisotopic (exact) mass is 591 g/mol. The zero-order chi connectivity index (χ0) is 30.8. The average molecular weight is 592 g/mol. The molecule has 1 aliphatic heterocycles. The third kappa shape index (κ3) is 9.06. The number of carbonyl (C=O) groups is 1. The quantitative estimate of drug-likeness (QED) is 0.133. The lowest BCUT2D eigenvalue weighted by atomic mass is 9.93. The maximum absolute atomic E-state index is 12.5. The molecule has 6 atom stereocenters. The number of aliphatic hydroxyl groups is 5. The topological polar surface area (TPSA) is 191 Å². The van der Waals surface area contributed by atoms with E-state index >= 15 is 0 Å². The van der Waals surface area contributed by atoms with Gasteiger partial charge in [-0.15, -0.1) is 5.10 Å². The van der Waals surface area contributed by atoms with E-state index in [-0.39, 0.29) is 30.1 Å². The Morgan fingerprint density at radius 3 is 2.52 bits per heavy atom. The van der Waals surface area contributed by atoms with Crippen molar-refractivity contribution in [2.45, 2.75) is 109 Å². The van der Waals surface area contributed by atoms with Crippen LogP contribution in [0.4, 0.5) is 0 Å². The lowest BCUT2D eigenvalue weighted by molar-refractivity contribution is -0.278. The predicted molar refractivity (Wildman–Crippen MR) is 157 cm³/mol. The zero-order valence-electron chi connectivity index (χ0n) is 25.0. The van der Waals surface area contributed by atoms with Crippen molar-refractivity contribution < 1.29 is 39.8 Å². The Morgan fingerprint density at radius 2 is 1.88 bits per heavy atom. The van der Waals surface area contributed by atoms with Crippen LogP contribution >= 0.6 is 0 Å². The highest BCUT2D eigenvalue weighted by Crippen LogP contribution is 2.32. The number of aromatic nitrogens is 2. The number of ketones is 1. The minimum absolute atomic E-state index is 0.0128. The number of carbonyl (C=O) groups excluding carboxylic acids is 1. The second kappa shape index (κ2) is 16.5. The molecule has 2 heterocycles. The van der Waals surface area contributed by atoms with E-state index in [4.69, 9.17) is 15.2 Å². The van der Waals surface area contributed by atoms with Gasteiger partial charge in [-0.25, -0.2) is 0 Å². The summed E-state index contributed by atoms with van der Waals surface area (Å²) in [6, 6.07) is 6.24. The van der Waals surface area contributed by atoms with Crippen molar-refractivity contribution in [2.24, 2.45) is 11.7 Å². The number of H-pyrrole nitrogens is 1. The van der Waals surface area contributed by atoms with Crippen molar-refractivity contribution in [3.8, 4) is 5.88 Å². The van der Waals surface area contributed by atoms with Crippen LogP contribution in [0, 0.1) is 12.8 Å². The van der Waals surface area contributed by atoms with Crippen LogP contribution in [0.25, 0.3) is 0 Å². The van der Waals surface area contributed by atoms with Gasteiger partial charge in [0.2, 0.25) is 12.2 Å². The van der Waals surface area contributed by atoms with Gasteiger partial charge in [-0.1, -0.05) is 38.5 Å². The third-order valence-electron chi connectivity index (χ3n) is 8.05. The number of aliphatic hydroxyl groups excluding tert-OH is 5.